The van der Waals surface area contributed by atoms with E-state index in [4.69, 9.17) is 4.52 Å². The number of aromatic nitrogens is 1. The minimum absolute atomic E-state index is 0.712. The largest absolute Gasteiger partial charge is 0.361 e. The van der Waals surface area contributed by atoms with E-state index < -0.39 is 0 Å². The fourth-order valence-corrected chi connectivity index (χ4v) is 1.51. The molecule has 4 nitrogen and oxygen atoms in total. The second-order valence-corrected chi connectivity index (χ2v) is 4.76. The highest BCUT2D eigenvalue weighted by Crippen LogP contribution is 2.03. The third-order valence-corrected chi connectivity index (χ3v) is 2.33. The van der Waals surface area contributed by atoms with Crippen molar-refractivity contribution in [1.82, 2.24) is 15.4 Å². The van der Waals surface area contributed by atoms with Crippen LogP contribution in [0.1, 0.15) is 25.3 Å². The van der Waals surface area contributed by atoms with Crippen molar-refractivity contribution >= 4 is 0 Å². The van der Waals surface area contributed by atoms with Crippen LogP contribution in [0.4, 0.5) is 0 Å². The first kappa shape index (κ1) is 13.2. The van der Waals surface area contributed by atoms with E-state index in [1.54, 1.807) is 0 Å². The number of hydrogen-bond donors (Lipinski definition) is 1. The van der Waals surface area contributed by atoms with Gasteiger partial charge in [0.2, 0.25) is 0 Å². The fourth-order valence-electron chi connectivity index (χ4n) is 1.51. The van der Waals surface area contributed by atoms with Crippen molar-refractivity contribution in [3.8, 4) is 0 Å². The summed E-state index contributed by atoms with van der Waals surface area (Å²) >= 11 is 0. The second kappa shape index (κ2) is 6.66. The highest BCUT2D eigenvalue weighted by Gasteiger charge is 2.04. The van der Waals surface area contributed by atoms with Crippen molar-refractivity contribution in [2.24, 2.45) is 5.92 Å². The summed E-state index contributed by atoms with van der Waals surface area (Å²) < 4.78 is 5.03. The van der Waals surface area contributed by atoms with Crippen molar-refractivity contribution in [2.45, 2.75) is 27.3 Å². The van der Waals surface area contributed by atoms with Gasteiger partial charge in [-0.1, -0.05) is 19.0 Å². The summed E-state index contributed by atoms with van der Waals surface area (Å²) in [5.41, 5.74) is 1.00. The SMILES string of the molecule is Cc1cc(CN(C)CCNCC(C)C)no1. The van der Waals surface area contributed by atoms with Crippen LogP contribution in [0.25, 0.3) is 0 Å². The molecule has 1 aromatic rings. The topological polar surface area (TPSA) is 41.3 Å². The van der Waals surface area contributed by atoms with E-state index in [2.05, 4.69) is 36.3 Å². The first-order chi connectivity index (χ1) is 7.58. The van der Waals surface area contributed by atoms with Crippen molar-refractivity contribution in [3.05, 3.63) is 17.5 Å². The Labute approximate surface area is 98.0 Å². The highest BCUT2D eigenvalue weighted by atomic mass is 16.5. The molecule has 0 aromatic carbocycles. The molecule has 4 heteroatoms. The highest BCUT2D eigenvalue weighted by molar-refractivity contribution is 5.02. The Kier molecular flexibility index (Phi) is 5.49. The molecule has 0 radical (unpaired) electrons. The quantitative estimate of drug-likeness (QED) is 0.717. The lowest BCUT2D eigenvalue weighted by molar-refractivity contribution is 0.305. The molecule has 0 unspecified atom stereocenters. The number of nitrogens with zero attached hydrogens (tertiary/aromatic N) is 2. The summed E-state index contributed by atoms with van der Waals surface area (Å²) in [7, 11) is 2.10. The fraction of sp³-hybridized carbons (Fsp3) is 0.750. The molecule has 0 saturated carbocycles. The lowest BCUT2D eigenvalue weighted by Crippen LogP contribution is -2.30. The van der Waals surface area contributed by atoms with E-state index in [0.717, 1.165) is 37.6 Å². The predicted octanol–water partition coefficient (Wildman–Crippen LogP) is 1.66. The summed E-state index contributed by atoms with van der Waals surface area (Å²) in [6.45, 7) is 10.3. The van der Waals surface area contributed by atoms with Gasteiger partial charge in [-0.3, -0.25) is 4.90 Å². The molecule has 0 spiro atoms. The maximum absolute atomic E-state index is 5.03. The third kappa shape index (κ3) is 5.28. The zero-order valence-corrected chi connectivity index (χ0v) is 10.8. The lowest BCUT2D eigenvalue weighted by Gasteiger charge is -2.15. The van der Waals surface area contributed by atoms with Gasteiger partial charge in [-0.25, -0.2) is 0 Å². The van der Waals surface area contributed by atoms with E-state index >= 15 is 0 Å². The molecule has 0 aliphatic carbocycles. The summed E-state index contributed by atoms with van der Waals surface area (Å²) in [4.78, 5) is 2.24. The van der Waals surface area contributed by atoms with Gasteiger partial charge in [0, 0.05) is 25.7 Å². The van der Waals surface area contributed by atoms with E-state index in [9.17, 15) is 0 Å². The van der Waals surface area contributed by atoms with Crippen LogP contribution in [0, 0.1) is 12.8 Å². The Morgan fingerprint density at radius 3 is 2.81 bits per heavy atom. The van der Waals surface area contributed by atoms with Crippen molar-refractivity contribution in [2.75, 3.05) is 26.7 Å². The molecule has 1 rings (SSSR count). The monoisotopic (exact) mass is 225 g/mol. The zero-order chi connectivity index (χ0) is 12.0. The molecule has 1 N–H and O–H groups in total. The number of nitrogens with one attached hydrogen (secondary N) is 1. The van der Waals surface area contributed by atoms with Crippen molar-refractivity contribution in [3.63, 3.8) is 0 Å². The van der Waals surface area contributed by atoms with E-state index in [1.807, 2.05) is 13.0 Å². The van der Waals surface area contributed by atoms with Gasteiger partial charge in [0.25, 0.3) is 0 Å². The molecule has 16 heavy (non-hydrogen) atoms. The molecule has 0 bridgehead atoms. The van der Waals surface area contributed by atoms with Crippen LogP contribution in [-0.4, -0.2) is 36.7 Å². The van der Waals surface area contributed by atoms with Crippen molar-refractivity contribution in [1.29, 1.82) is 0 Å². The van der Waals surface area contributed by atoms with Gasteiger partial charge in [-0.05, 0) is 26.4 Å². The Bertz CT molecular complexity index is 296. The number of rotatable bonds is 7. The molecule has 1 aromatic heterocycles. The molecule has 0 atom stereocenters. The number of likely N-dealkylation sites (N-methyl/N-ethyl adjacent to an activating group) is 1. The first-order valence-corrected chi connectivity index (χ1v) is 5.89. The van der Waals surface area contributed by atoms with Crippen molar-refractivity contribution < 1.29 is 4.52 Å². The van der Waals surface area contributed by atoms with Gasteiger partial charge in [0.1, 0.15) is 5.76 Å². The van der Waals surface area contributed by atoms with Gasteiger partial charge < -0.3 is 9.84 Å². The number of hydrogen-bond acceptors (Lipinski definition) is 4. The summed E-state index contributed by atoms with van der Waals surface area (Å²) in [6, 6.07) is 1.98. The Morgan fingerprint density at radius 1 is 1.50 bits per heavy atom. The smallest absolute Gasteiger partial charge is 0.133 e. The standard InChI is InChI=1S/C12H23N3O/c1-10(2)8-13-5-6-15(4)9-12-7-11(3)16-14-12/h7,10,13H,5-6,8-9H2,1-4H3. The minimum atomic E-state index is 0.712. The molecule has 1 heterocycles. The zero-order valence-electron chi connectivity index (χ0n) is 10.8. The normalized spacial score (nSPS) is 11.6. The Morgan fingerprint density at radius 2 is 2.25 bits per heavy atom. The Hall–Kier alpha value is -0.870. The van der Waals surface area contributed by atoms with Gasteiger partial charge in [-0.15, -0.1) is 0 Å². The van der Waals surface area contributed by atoms with Crippen LogP contribution >= 0.6 is 0 Å². The maximum Gasteiger partial charge on any atom is 0.133 e. The molecular weight excluding hydrogens is 202 g/mol. The average molecular weight is 225 g/mol. The van der Waals surface area contributed by atoms with Crippen LogP contribution in [0.15, 0.2) is 10.6 Å². The molecular formula is C12H23N3O. The molecule has 0 aliphatic heterocycles. The van der Waals surface area contributed by atoms with Crippen LogP contribution in [0.5, 0.6) is 0 Å². The first-order valence-electron chi connectivity index (χ1n) is 5.89. The average Bonchev–Trinajstić information content (AvgIpc) is 2.58. The van der Waals surface area contributed by atoms with Crippen LogP contribution in [0.2, 0.25) is 0 Å². The number of aryl methyl sites for hydroxylation is 1. The molecule has 0 amide bonds. The second-order valence-electron chi connectivity index (χ2n) is 4.76. The third-order valence-electron chi connectivity index (χ3n) is 2.33. The summed E-state index contributed by atoms with van der Waals surface area (Å²) in [5.74, 6) is 1.59. The van der Waals surface area contributed by atoms with Crippen LogP contribution in [0.3, 0.4) is 0 Å². The van der Waals surface area contributed by atoms with E-state index in [0.29, 0.717) is 5.92 Å². The minimum Gasteiger partial charge on any atom is -0.361 e. The van der Waals surface area contributed by atoms with Gasteiger partial charge in [0.05, 0.1) is 5.69 Å². The van der Waals surface area contributed by atoms with Crippen LogP contribution in [-0.2, 0) is 6.54 Å². The van der Waals surface area contributed by atoms with Gasteiger partial charge >= 0.3 is 0 Å². The maximum atomic E-state index is 5.03. The summed E-state index contributed by atoms with van der Waals surface area (Å²) in [6.07, 6.45) is 0. The lowest BCUT2D eigenvalue weighted by atomic mass is 10.2. The predicted molar refractivity (Wildman–Crippen MR) is 65.3 cm³/mol. The van der Waals surface area contributed by atoms with Crippen LogP contribution < -0.4 is 5.32 Å². The molecule has 0 fully saturated rings. The Balaban J connectivity index is 2.13. The van der Waals surface area contributed by atoms with Gasteiger partial charge in [0.15, 0.2) is 0 Å². The molecule has 92 valence electrons. The van der Waals surface area contributed by atoms with E-state index in [1.165, 1.54) is 0 Å². The summed E-state index contributed by atoms with van der Waals surface area (Å²) in [5, 5.41) is 7.40. The van der Waals surface area contributed by atoms with E-state index in [-0.39, 0.29) is 0 Å². The molecule has 0 saturated heterocycles. The molecule has 0 aliphatic rings. The van der Waals surface area contributed by atoms with Gasteiger partial charge in [-0.2, -0.15) is 0 Å².